The van der Waals surface area contributed by atoms with E-state index in [1.165, 1.54) is 12.5 Å². The Balaban J connectivity index is 1.35. The average molecular weight is 552 g/mol. The van der Waals surface area contributed by atoms with Crippen molar-refractivity contribution >= 4 is 47.3 Å². The fourth-order valence-corrected chi connectivity index (χ4v) is 4.52. The molecule has 0 saturated heterocycles. The van der Waals surface area contributed by atoms with Gasteiger partial charge in [0.05, 0.1) is 7.11 Å². The van der Waals surface area contributed by atoms with Crippen LogP contribution in [0.15, 0.2) is 121 Å². The highest BCUT2D eigenvalue weighted by Gasteiger charge is 2.12. The highest BCUT2D eigenvalue weighted by Crippen LogP contribution is 2.35. The minimum Gasteiger partial charge on any atom is -0.497 e. The molecule has 0 aromatic heterocycles. The van der Waals surface area contributed by atoms with Crippen molar-refractivity contribution in [3.63, 3.8) is 0 Å². The van der Waals surface area contributed by atoms with Crippen LogP contribution in [0, 0.1) is 6.92 Å². The first-order chi connectivity index (χ1) is 20.5. The van der Waals surface area contributed by atoms with Gasteiger partial charge in [0.25, 0.3) is 0 Å². The number of esters is 1. The third kappa shape index (κ3) is 7.43. The molecule has 0 fully saturated rings. The average Bonchev–Trinajstić information content (AvgIpc) is 3.02. The quantitative estimate of drug-likeness (QED) is 0.104. The second-order valence-corrected chi connectivity index (χ2v) is 9.96. The Labute approximate surface area is 247 Å². The van der Waals surface area contributed by atoms with Gasteiger partial charge in [-0.1, -0.05) is 90.5 Å². The number of hydrogen-bond donors (Lipinski definition) is 0. The summed E-state index contributed by atoms with van der Waals surface area (Å²) >= 11 is 0. The van der Waals surface area contributed by atoms with Crippen molar-refractivity contribution in [3.8, 4) is 11.5 Å². The van der Waals surface area contributed by atoms with Crippen molar-refractivity contribution in [1.29, 1.82) is 0 Å². The van der Waals surface area contributed by atoms with Gasteiger partial charge in [0.15, 0.2) is 0 Å². The van der Waals surface area contributed by atoms with Crippen LogP contribution in [0.4, 0.5) is 17.1 Å². The SMILES string of the molecule is COc1ccc(/C=C/c2ccc(N(c3ccc(C)cc3)c3ccc(/C=C/c4ccc(OC(C)=O)cc4)cc3)cc2)cc1. The molecule has 0 heterocycles. The van der Waals surface area contributed by atoms with Crippen molar-refractivity contribution in [2.45, 2.75) is 13.8 Å². The van der Waals surface area contributed by atoms with Gasteiger partial charge in [-0.2, -0.15) is 0 Å². The Morgan fingerprint density at radius 3 is 1.21 bits per heavy atom. The van der Waals surface area contributed by atoms with Crippen LogP contribution in [0.5, 0.6) is 11.5 Å². The van der Waals surface area contributed by atoms with Crippen LogP contribution in [-0.4, -0.2) is 13.1 Å². The summed E-state index contributed by atoms with van der Waals surface area (Å²) in [5.74, 6) is 1.07. The molecule has 0 bridgehead atoms. The van der Waals surface area contributed by atoms with Crippen molar-refractivity contribution in [2.24, 2.45) is 0 Å². The highest BCUT2D eigenvalue weighted by atomic mass is 16.5. The van der Waals surface area contributed by atoms with E-state index in [4.69, 9.17) is 9.47 Å². The van der Waals surface area contributed by atoms with Crippen LogP contribution in [0.25, 0.3) is 24.3 Å². The topological polar surface area (TPSA) is 38.8 Å². The molecule has 0 radical (unpaired) electrons. The van der Waals surface area contributed by atoms with E-state index in [9.17, 15) is 4.79 Å². The molecule has 0 aliphatic heterocycles. The minimum atomic E-state index is -0.324. The molecular weight excluding hydrogens is 518 g/mol. The number of ether oxygens (including phenoxy) is 2. The van der Waals surface area contributed by atoms with E-state index in [0.29, 0.717) is 5.75 Å². The third-order valence-electron chi connectivity index (χ3n) is 6.79. The number of nitrogens with zero attached hydrogens (tertiary/aromatic N) is 1. The van der Waals surface area contributed by atoms with Crippen LogP contribution >= 0.6 is 0 Å². The zero-order chi connectivity index (χ0) is 29.3. The monoisotopic (exact) mass is 551 g/mol. The van der Waals surface area contributed by atoms with Gasteiger partial charge in [-0.25, -0.2) is 0 Å². The number of aryl methyl sites for hydroxylation is 1. The number of carbonyl (C=O) groups is 1. The summed E-state index contributed by atoms with van der Waals surface area (Å²) in [5.41, 5.74) is 8.83. The first kappa shape index (κ1) is 28.2. The molecule has 5 rings (SSSR count). The fourth-order valence-electron chi connectivity index (χ4n) is 4.52. The second kappa shape index (κ2) is 13.3. The van der Waals surface area contributed by atoms with E-state index in [2.05, 4.69) is 103 Å². The van der Waals surface area contributed by atoms with Gasteiger partial charge in [-0.05, 0) is 89.8 Å². The summed E-state index contributed by atoms with van der Waals surface area (Å²) in [7, 11) is 1.68. The lowest BCUT2D eigenvalue weighted by Crippen LogP contribution is -2.09. The molecule has 0 amide bonds. The van der Waals surface area contributed by atoms with Gasteiger partial charge in [0.1, 0.15) is 11.5 Å². The van der Waals surface area contributed by atoms with Crippen molar-refractivity contribution in [3.05, 3.63) is 149 Å². The van der Waals surface area contributed by atoms with Gasteiger partial charge in [-0.15, -0.1) is 0 Å². The molecule has 4 nitrogen and oxygen atoms in total. The number of methoxy groups -OCH3 is 1. The molecule has 4 heteroatoms. The summed E-state index contributed by atoms with van der Waals surface area (Å²) in [6.07, 6.45) is 8.34. The van der Waals surface area contributed by atoms with Crippen LogP contribution in [0.1, 0.15) is 34.7 Å². The van der Waals surface area contributed by atoms with E-state index in [1.54, 1.807) is 19.2 Å². The number of rotatable bonds is 9. The number of carbonyl (C=O) groups excluding carboxylic acids is 1. The second-order valence-electron chi connectivity index (χ2n) is 9.96. The molecular formula is C38H33NO3. The van der Waals surface area contributed by atoms with Crippen molar-refractivity contribution < 1.29 is 14.3 Å². The lowest BCUT2D eigenvalue weighted by Gasteiger charge is -2.26. The third-order valence-corrected chi connectivity index (χ3v) is 6.79. The van der Waals surface area contributed by atoms with Crippen LogP contribution in [0.2, 0.25) is 0 Å². The molecule has 0 atom stereocenters. The lowest BCUT2D eigenvalue weighted by molar-refractivity contribution is -0.131. The van der Waals surface area contributed by atoms with Gasteiger partial charge < -0.3 is 14.4 Å². The standard InChI is InChI=1S/C38H33NO3/c1-28-4-18-34(19-5-28)39(35-20-10-30(11-21-35)6-8-32-14-24-37(41-3)25-15-32)36-22-12-31(13-23-36)7-9-33-16-26-38(27-17-33)42-29(2)40/h4-27H,1-3H3/b8-6+,9-7+. The molecule has 42 heavy (non-hydrogen) atoms. The summed E-state index contributed by atoms with van der Waals surface area (Å²) in [5, 5.41) is 0. The van der Waals surface area contributed by atoms with Crippen molar-refractivity contribution in [2.75, 3.05) is 12.0 Å². The maximum atomic E-state index is 11.1. The zero-order valence-corrected chi connectivity index (χ0v) is 24.0. The first-order valence-corrected chi connectivity index (χ1v) is 13.8. The number of benzene rings is 5. The molecule has 0 spiro atoms. The van der Waals surface area contributed by atoms with E-state index >= 15 is 0 Å². The van der Waals surface area contributed by atoms with Crippen LogP contribution in [0.3, 0.4) is 0 Å². The summed E-state index contributed by atoms with van der Waals surface area (Å²) < 4.78 is 10.4. The maximum Gasteiger partial charge on any atom is 0.308 e. The molecule has 0 saturated carbocycles. The maximum absolute atomic E-state index is 11.1. The van der Waals surface area contributed by atoms with E-state index in [0.717, 1.165) is 45.1 Å². The summed E-state index contributed by atoms with van der Waals surface area (Å²) in [6, 6.07) is 41.1. The molecule has 0 N–H and O–H groups in total. The minimum absolute atomic E-state index is 0.324. The molecule has 0 aliphatic carbocycles. The Morgan fingerprint density at radius 1 is 0.524 bits per heavy atom. The summed E-state index contributed by atoms with van der Waals surface area (Å²) in [6.45, 7) is 3.50. The van der Waals surface area contributed by atoms with Crippen LogP contribution < -0.4 is 14.4 Å². The highest BCUT2D eigenvalue weighted by molar-refractivity contribution is 5.79. The summed E-state index contributed by atoms with van der Waals surface area (Å²) in [4.78, 5) is 13.4. The number of hydrogen-bond acceptors (Lipinski definition) is 4. The van der Waals surface area contributed by atoms with Gasteiger partial charge >= 0.3 is 5.97 Å². The van der Waals surface area contributed by atoms with E-state index in [1.807, 2.05) is 42.5 Å². The van der Waals surface area contributed by atoms with E-state index in [-0.39, 0.29) is 5.97 Å². The predicted molar refractivity (Wildman–Crippen MR) is 174 cm³/mol. The molecule has 5 aromatic carbocycles. The van der Waals surface area contributed by atoms with Gasteiger partial charge in [0, 0.05) is 24.0 Å². The number of anilines is 3. The molecule has 208 valence electrons. The molecule has 0 unspecified atom stereocenters. The Kier molecular flexibility index (Phi) is 8.95. The Morgan fingerprint density at radius 2 is 0.857 bits per heavy atom. The van der Waals surface area contributed by atoms with Gasteiger partial charge in [0.2, 0.25) is 0 Å². The fraction of sp³-hybridized carbons (Fsp3) is 0.0789. The Bertz CT molecular complexity index is 1670. The zero-order valence-electron chi connectivity index (χ0n) is 24.0. The molecule has 5 aromatic rings. The molecule has 0 aliphatic rings. The normalized spacial score (nSPS) is 11.1. The van der Waals surface area contributed by atoms with Crippen LogP contribution in [-0.2, 0) is 4.79 Å². The van der Waals surface area contributed by atoms with E-state index < -0.39 is 0 Å². The lowest BCUT2D eigenvalue weighted by atomic mass is 10.1. The first-order valence-electron chi connectivity index (χ1n) is 13.8. The predicted octanol–water partition coefficient (Wildman–Crippen LogP) is 9.74. The van der Waals surface area contributed by atoms with Gasteiger partial charge in [-0.3, -0.25) is 4.79 Å². The largest absolute Gasteiger partial charge is 0.497 e. The van der Waals surface area contributed by atoms with Crippen molar-refractivity contribution in [1.82, 2.24) is 0 Å². The smallest absolute Gasteiger partial charge is 0.308 e. The Hall–Kier alpha value is -5.35.